The lowest BCUT2D eigenvalue weighted by Crippen LogP contribution is -2.24. The van der Waals surface area contributed by atoms with Gasteiger partial charge in [-0.15, -0.1) is 0 Å². The molecule has 0 aliphatic carbocycles. The van der Waals surface area contributed by atoms with E-state index in [4.69, 9.17) is 11.6 Å². The molecule has 4 nitrogen and oxygen atoms in total. The fourth-order valence-corrected chi connectivity index (χ4v) is 3.73. The molecule has 0 aromatic heterocycles. The van der Waals surface area contributed by atoms with Crippen LogP contribution in [0.3, 0.4) is 0 Å². The largest absolute Gasteiger partial charge is 0.323 e. The minimum Gasteiger partial charge on any atom is -0.323 e. The van der Waals surface area contributed by atoms with Gasteiger partial charge in [0.05, 0.1) is 23.1 Å². The maximum absolute atomic E-state index is 13.4. The summed E-state index contributed by atoms with van der Waals surface area (Å²) in [5, 5.41) is 2.61. The van der Waals surface area contributed by atoms with Crippen LogP contribution in [0, 0.1) is 11.7 Å². The fraction of sp³-hybridized carbons (Fsp3) is 0.364. The molecule has 0 saturated carbocycles. The zero-order chi connectivity index (χ0) is 13.3. The van der Waals surface area contributed by atoms with Crippen LogP contribution in [-0.4, -0.2) is 25.8 Å². The van der Waals surface area contributed by atoms with E-state index in [0.717, 1.165) is 6.07 Å². The number of hydrogen-bond acceptors (Lipinski definition) is 3. The summed E-state index contributed by atoms with van der Waals surface area (Å²) in [5.74, 6) is -1.89. The first-order valence-electron chi connectivity index (χ1n) is 5.34. The number of carbonyl (C=O) groups is 1. The Morgan fingerprint density at radius 1 is 1.44 bits per heavy atom. The molecule has 1 aromatic rings. The van der Waals surface area contributed by atoms with Gasteiger partial charge in [0, 0.05) is 5.02 Å². The molecule has 0 radical (unpaired) electrons. The fourth-order valence-electron chi connectivity index (χ4n) is 1.83. The molecule has 1 fully saturated rings. The van der Waals surface area contributed by atoms with Gasteiger partial charge < -0.3 is 5.32 Å². The molecular weight excluding hydrogens is 281 g/mol. The second-order valence-electron chi connectivity index (χ2n) is 4.21. The predicted octanol–water partition coefficient (Wildman–Crippen LogP) is 1.85. The van der Waals surface area contributed by atoms with Gasteiger partial charge in [-0.2, -0.15) is 0 Å². The number of amides is 1. The summed E-state index contributed by atoms with van der Waals surface area (Å²) >= 11 is 5.59. The van der Waals surface area contributed by atoms with Crippen molar-refractivity contribution in [3.63, 3.8) is 0 Å². The summed E-state index contributed by atoms with van der Waals surface area (Å²) in [6, 6.07) is 3.88. The Bertz CT molecular complexity index is 588. The van der Waals surface area contributed by atoms with E-state index in [-0.39, 0.29) is 28.6 Å². The number of halogens is 2. The maximum atomic E-state index is 13.4. The van der Waals surface area contributed by atoms with E-state index in [1.54, 1.807) is 0 Å². The van der Waals surface area contributed by atoms with E-state index in [2.05, 4.69) is 5.32 Å². The maximum Gasteiger partial charge on any atom is 0.228 e. The lowest BCUT2D eigenvalue weighted by atomic mass is 10.1. The van der Waals surface area contributed by atoms with Gasteiger partial charge >= 0.3 is 0 Å². The first kappa shape index (κ1) is 13.3. The summed E-state index contributed by atoms with van der Waals surface area (Å²) in [6.45, 7) is 0. The molecule has 0 spiro atoms. The molecule has 1 aromatic carbocycles. The van der Waals surface area contributed by atoms with E-state index in [1.807, 2.05) is 0 Å². The topological polar surface area (TPSA) is 63.2 Å². The molecule has 0 bridgehead atoms. The van der Waals surface area contributed by atoms with Gasteiger partial charge in [0.1, 0.15) is 5.82 Å². The smallest absolute Gasteiger partial charge is 0.228 e. The minimum atomic E-state index is -3.13. The Balaban J connectivity index is 2.08. The van der Waals surface area contributed by atoms with Crippen molar-refractivity contribution in [1.82, 2.24) is 0 Å². The van der Waals surface area contributed by atoms with Crippen molar-refractivity contribution in [3.8, 4) is 0 Å². The predicted molar refractivity (Wildman–Crippen MR) is 66.8 cm³/mol. The number of benzene rings is 1. The van der Waals surface area contributed by atoms with Crippen LogP contribution in [0.1, 0.15) is 6.42 Å². The average molecular weight is 292 g/mol. The highest BCUT2D eigenvalue weighted by atomic mass is 35.5. The number of sulfone groups is 1. The van der Waals surface area contributed by atoms with Gasteiger partial charge in [-0.05, 0) is 24.6 Å². The highest BCUT2D eigenvalue weighted by molar-refractivity contribution is 7.91. The third-order valence-electron chi connectivity index (χ3n) is 2.79. The first-order chi connectivity index (χ1) is 8.37. The third kappa shape index (κ3) is 3.00. The van der Waals surface area contributed by atoms with E-state index in [1.165, 1.54) is 12.1 Å². The van der Waals surface area contributed by atoms with E-state index in [0.29, 0.717) is 0 Å². The van der Waals surface area contributed by atoms with Crippen molar-refractivity contribution in [1.29, 1.82) is 0 Å². The second-order valence-corrected chi connectivity index (χ2v) is 6.88. The van der Waals surface area contributed by atoms with Crippen LogP contribution in [0.4, 0.5) is 10.1 Å². The zero-order valence-electron chi connectivity index (χ0n) is 9.32. The number of carbonyl (C=O) groups excluding carboxylic acids is 1. The lowest BCUT2D eigenvalue weighted by Gasteiger charge is -2.10. The number of nitrogens with one attached hydrogen (secondary N) is 1. The van der Waals surface area contributed by atoms with E-state index < -0.39 is 27.5 Å². The highest BCUT2D eigenvalue weighted by Gasteiger charge is 2.33. The lowest BCUT2D eigenvalue weighted by molar-refractivity contribution is -0.119. The SMILES string of the molecule is O=C(Nc1ccc(Cl)cc1F)[C@H]1CCS(=O)(=O)C1. The molecule has 98 valence electrons. The summed E-state index contributed by atoms with van der Waals surface area (Å²) in [7, 11) is -3.13. The molecule has 1 N–H and O–H groups in total. The van der Waals surface area contributed by atoms with Crippen LogP contribution in [-0.2, 0) is 14.6 Å². The Morgan fingerprint density at radius 3 is 2.72 bits per heavy atom. The molecule has 1 amide bonds. The Kier molecular flexibility index (Phi) is 3.59. The summed E-state index contributed by atoms with van der Waals surface area (Å²) in [5.41, 5.74) is 0.00805. The van der Waals surface area contributed by atoms with Gasteiger partial charge in [-0.25, -0.2) is 12.8 Å². The summed E-state index contributed by atoms with van der Waals surface area (Å²) in [6.07, 6.45) is 0.281. The van der Waals surface area contributed by atoms with Gasteiger partial charge in [-0.3, -0.25) is 4.79 Å². The monoisotopic (exact) mass is 291 g/mol. The van der Waals surface area contributed by atoms with E-state index in [9.17, 15) is 17.6 Å². The molecule has 18 heavy (non-hydrogen) atoms. The van der Waals surface area contributed by atoms with Gasteiger partial charge in [0.2, 0.25) is 5.91 Å². The van der Waals surface area contributed by atoms with Crippen molar-refractivity contribution in [2.24, 2.45) is 5.92 Å². The van der Waals surface area contributed by atoms with E-state index >= 15 is 0 Å². The van der Waals surface area contributed by atoms with Crippen LogP contribution >= 0.6 is 11.6 Å². The zero-order valence-corrected chi connectivity index (χ0v) is 10.9. The van der Waals surface area contributed by atoms with Crippen molar-refractivity contribution in [3.05, 3.63) is 29.0 Å². The van der Waals surface area contributed by atoms with Crippen molar-refractivity contribution in [2.75, 3.05) is 16.8 Å². The number of hydrogen-bond donors (Lipinski definition) is 1. The van der Waals surface area contributed by atoms with Crippen LogP contribution in [0.5, 0.6) is 0 Å². The minimum absolute atomic E-state index is 0.00805. The van der Waals surface area contributed by atoms with Crippen LogP contribution in [0.2, 0.25) is 5.02 Å². The average Bonchev–Trinajstić information content (AvgIpc) is 2.63. The molecule has 1 atom stereocenters. The van der Waals surface area contributed by atoms with Crippen LogP contribution in [0.15, 0.2) is 18.2 Å². The van der Waals surface area contributed by atoms with Crippen molar-refractivity contribution in [2.45, 2.75) is 6.42 Å². The molecular formula is C11H11ClFNO3S. The van der Waals surface area contributed by atoms with Crippen molar-refractivity contribution < 1.29 is 17.6 Å². The standard InChI is InChI=1S/C11H11ClFNO3S/c12-8-1-2-10(9(13)5-8)14-11(15)7-3-4-18(16,17)6-7/h1-2,5,7H,3-4,6H2,(H,14,15)/t7-/m0/s1. The third-order valence-corrected chi connectivity index (χ3v) is 4.80. The number of anilines is 1. The quantitative estimate of drug-likeness (QED) is 0.904. The van der Waals surface area contributed by atoms with Gasteiger partial charge in [0.25, 0.3) is 0 Å². The van der Waals surface area contributed by atoms with Crippen molar-refractivity contribution >= 4 is 33.0 Å². The molecule has 1 aliphatic heterocycles. The van der Waals surface area contributed by atoms with Gasteiger partial charge in [-0.1, -0.05) is 11.6 Å². The van der Waals surface area contributed by atoms with Crippen LogP contribution < -0.4 is 5.32 Å². The molecule has 0 unspecified atom stereocenters. The molecule has 7 heteroatoms. The highest BCUT2D eigenvalue weighted by Crippen LogP contribution is 2.23. The second kappa shape index (κ2) is 4.85. The van der Waals surface area contributed by atoms with Gasteiger partial charge in [0.15, 0.2) is 9.84 Å². The first-order valence-corrected chi connectivity index (χ1v) is 7.54. The summed E-state index contributed by atoms with van der Waals surface area (Å²) < 4.78 is 35.9. The molecule has 1 heterocycles. The Morgan fingerprint density at radius 2 is 2.17 bits per heavy atom. The normalized spacial score (nSPS) is 21.8. The molecule has 2 rings (SSSR count). The Labute approximate surface area is 109 Å². The number of rotatable bonds is 2. The molecule has 1 aliphatic rings. The summed E-state index contributed by atoms with van der Waals surface area (Å²) in [4.78, 5) is 11.8. The van der Waals surface area contributed by atoms with Crippen LogP contribution in [0.25, 0.3) is 0 Å². The molecule has 1 saturated heterocycles. The Hall–Kier alpha value is -1.14.